The molecule has 33 heavy (non-hydrogen) atoms. The van der Waals surface area contributed by atoms with Gasteiger partial charge in [-0.1, -0.05) is 24.8 Å². The number of amides is 1. The number of anilines is 1. The van der Waals surface area contributed by atoms with Gasteiger partial charge in [0.25, 0.3) is 0 Å². The lowest BCUT2D eigenvalue weighted by Crippen LogP contribution is -2.40. The highest BCUT2D eigenvalue weighted by molar-refractivity contribution is 5.97. The fourth-order valence-corrected chi connectivity index (χ4v) is 4.12. The third kappa shape index (κ3) is 4.00. The number of para-hydroxylation sites is 1. The third-order valence-electron chi connectivity index (χ3n) is 5.70. The van der Waals surface area contributed by atoms with E-state index in [-0.39, 0.29) is 11.9 Å². The van der Waals surface area contributed by atoms with Gasteiger partial charge >= 0.3 is 0 Å². The molecule has 0 bridgehead atoms. The van der Waals surface area contributed by atoms with Gasteiger partial charge < -0.3 is 15.4 Å². The maximum absolute atomic E-state index is 12.2. The van der Waals surface area contributed by atoms with E-state index in [1.54, 1.807) is 11.1 Å². The molecule has 1 aliphatic heterocycles. The summed E-state index contributed by atoms with van der Waals surface area (Å²) in [6.07, 6.45) is 6.17. The minimum Gasteiger partial charge on any atom is -0.456 e. The van der Waals surface area contributed by atoms with Crippen molar-refractivity contribution < 1.29 is 9.53 Å². The summed E-state index contributed by atoms with van der Waals surface area (Å²) in [6.45, 7) is 4.84. The van der Waals surface area contributed by atoms with Gasteiger partial charge in [-0.25, -0.2) is 14.6 Å². The van der Waals surface area contributed by atoms with Gasteiger partial charge in [0.15, 0.2) is 5.65 Å². The first-order chi connectivity index (χ1) is 16.1. The largest absolute Gasteiger partial charge is 0.456 e. The van der Waals surface area contributed by atoms with E-state index in [2.05, 4.69) is 21.5 Å². The molecule has 0 saturated carbocycles. The van der Waals surface area contributed by atoms with Crippen molar-refractivity contribution in [3.05, 3.63) is 67.6 Å². The Hall–Kier alpha value is -4.27. The maximum Gasteiger partial charge on any atom is 0.246 e. The number of hydrogen-bond donors (Lipinski definition) is 1. The molecular formula is C24H23N7O2. The van der Waals surface area contributed by atoms with Crippen LogP contribution in [0.5, 0.6) is 11.5 Å². The molecule has 9 nitrogen and oxygen atoms in total. The summed E-state index contributed by atoms with van der Waals surface area (Å²) < 4.78 is 7.69. The Morgan fingerprint density at radius 3 is 2.73 bits per heavy atom. The molecule has 4 aromatic rings. The van der Waals surface area contributed by atoms with Crippen molar-refractivity contribution in [2.45, 2.75) is 18.9 Å². The maximum atomic E-state index is 12.2. The Kier molecular flexibility index (Phi) is 5.43. The van der Waals surface area contributed by atoms with Crippen LogP contribution in [0.15, 0.2) is 67.6 Å². The SMILES string of the molecule is C=CC(=O)N1CCCC(n2nc(-c3ccc(Oc4ccccc4)cn3)c3c(N)ncnc32)C1. The molecule has 1 amide bonds. The van der Waals surface area contributed by atoms with Gasteiger partial charge in [0.2, 0.25) is 5.91 Å². The quantitative estimate of drug-likeness (QED) is 0.471. The molecule has 166 valence electrons. The average Bonchev–Trinajstić information content (AvgIpc) is 3.26. The lowest BCUT2D eigenvalue weighted by molar-refractivity contribution is -0.127. The lowest BCUT2D eigenvalue weighted by atomic mass is 10.1. The second kappa shape index (κ2) is 8.70. The Balaban J connectivity index is 1.50. The van der Waals surface area contributed by atoms with Crippen LogP contribution in [-0.2, 0) is 4.79 Å². The van der Waals surface area contributed by atoms with Gasteiger partial charge in [0.1, 0.15) is 29.3 Å². The molecule has 3 aromatic heterocycles. The number of hydrogen-bond acceptors (Lipinski definition) is 7. The molecule has 1 aromatic carbocycles. The normalized spacial score (nSPS) is 16.0. The Morgan fingerprint density at radius 2 is 1.97 bits per heavy atom. The van der Waals surface area contributed by atoms with E-state index in [1.807, 2.05) is 47.1 Å². The zero-order valence-corrected chi connectivity index (χ0v) is 18.0. The van der Waals surface area contributed by atoms with E-state index in [1.165, 1.54) is 12.4 Å². The first-order valence-electron chi connectivity index (χ1n) is 10.7. The number of rotatable bonds is 5. The van der Waals surface area contributed by atoms with Gasteiger partial charge in [0, 0.05) is 13.1 Å². The van der Waals surface area contributed by atoms with Crippen LogP contribution < -0.4 is 10.5 Å². The van der Waals surface area contributed by atoms with Crippen molar-refractivity contribution in [3.8, 4) is 22.9 Å². The number of carbonyl (C=O) groups excluding carboxylic acids is 1. The van der Waals surface area contributed by atoms with Gasteiger partial charge in [-0.2, -0.15) is 5.10 Å². The van der Waals surface area contributed by atoms with Crippen LogP contribution in [-0.4, -0.2) is 48.6 Å². The zero-order chi connectivity index (χ0) is 22.8. The number of likely N-dealkylation sites (tertiary alicyclic amines) is 1. The molecule has 1 saturated heterocycles. The predicted octanol–water partition coefficient (Wildman–Crippen LogP) is 3.61. The van der Waals surface area contributed by atoms with Crippen LogP contribution in [0.3, 0.4) is 0 Å². The summed E-state index contributed by atoms with van der Waals surface area (Å²) >= 11 is 0. The molecule has 5 rings (SSSR count). The molecule has 0 spiro atoms. The second-order valence-corrected chi connectivity index (χ2v) is 7.83. The number of benzene rings is 1. The summed E-state index contributed by atoms with van der Waals surface area (Å²) in [4.78, 5) is 27.1. The number of nitrogens with two attached hydrogens (primary N) is 1. The Morgan fingerprint density at radius 1 is 1.12 bits per heavy atom. The number of ether oxygens (including phenoxy) is 1. The van der Waals surface area contributed by atoms with Crippen molar-refractivity contribution in [3.63, 3.8) is 0 Å². The number of fused-ring (bicyclic) bond motifs is 1. The number of pyridine rings is 1. The van der Waals surface area contributed by atoms with E-state index < -0.39 is 0 Å². The molecule has 1 aliphatic rings. The van der Waals surface area contributed by atoms with Gasteiger partial charge in [-0.15, -0.1) is 0 Å². The number of nitrogen functional groups attached to an aromatic ring is 1. The van der Waals surface area contributed by atoms with Crippen LogP contribution in [0.4, 0.5) is 5.82 Å². The summed E-state index contributed by atoms with van der Waals surface area (Å²) in [7, 11) is 0. The molecule has 1 unspecified atom stereocenters. The highest BCUT2D eigenvalue weighted by Crippen LogP contribution is 2.33. The summed E-state index contributed by atoms with van der Waals surface area (Å²) in [5.74, 6) is 1.60. The molecule has 1 fully saturated rings. The fraction of sp³-hybridized carbons (Fsp3) is 0.208. The lowest BCUT2D eigenvalue weighted by Gasteiger charge is -2.32. The summed E-state index contributed by atoms with van der Waals surface area (Å²) in [5.41, 5.74) is 8.09. The minimum absolute atomic E-state index is 0.0334. The second-order valence-electron chi connectivity index (χ2n) is 7.83. The van der Waals surface area contributed by atoms with Crippen LogP contribution in [0, 0.1) is 0 Å². The first kappa shape index (κ1) is 20.6. The smallest absolute Gasteiger partial charge is 0.246 e. The van der Waals surface area contributed by atoms with Gasteiger partial charge in [-0.3, -0.25) is 9.78 Å². The predicted molar refractivity (Wildman–Crippen MR) is 125 cm³/mol. The van der Waals surface area contributed by atoms with E-state index in [0.717, 1.165) is 18.6 Å². The number of nitrogens with zero attached hydrogens (tertiary/aromatic N) is 6. The minimum atomic E-state index is -0.0822. The topological polar surface area (TPSA) is 112 Å². The van der Waals surface area contributed by atoms with E-state index in [4.69, 9.17) is 15.6 Å². The van der Waals surface area contributed by atoms with Crippen molar-refractivity contribution in [1.29, 1.82) is 0 Å². The molecule has 2 N–H and O–H groups in total. The van der Waals surface area contributed by atoms with Crippen LogP contribution in [0.25, 0.3) is 22.4 Å². The van der Waals surface area contributed by atoms with Crippen LogP contribution in [0.2, 0.25) is 0 Å². The molecule has 9 heteroatoms. The summed E-state index contributed by atoms with van der Waals surface area (Å²) in [5, 5.41) is 5.49. The van der Waals surface area contributed by atoms with Gasteiger partial charge in [-0.05, 0) is 43.2 Å². The molecule has 1 atom stereocenters. The van der Waals surface area contributed by atoms with Crippen LogP contribution >= 0.6 is 0 Å². The van der Waals surface area contributed by atoms with Crippen LogP contribution in [0.1, 0.15) is 18.9 Å². The first-order valence-corrected chi connectivity index (χ1v) is 10.7. The number of aromatic nitrogens is 5. The summed E-state index contributed by atoms with van der Waals surface area (Å²) in [6, 6.07) is 13.2. The monoisotopic (exact) mass is 441 g/mol. The Labute approximate surface area is 190 Å². The highest BCUT2D eigenvalue weighted by atomic mass is 16.5. The zero-order valence-electron chi connectivity index (χ0n) is 18.0. The van der Waals surface area contributed by atoms with E-state index >= 15 is 0 Å². The van der Waals surface area contributed by atoms with E-state index in [0.29, 0.717) is 47.1 Å². The molecule has 0 aliphatic carbocycles. The third-order valence-corrected chi connectivity index (χ3v) is 5.70. The number of carbonyl (C=O) groups is 1. The van der Waals surface area contributed by atoms with E-state index in [9.17, 15) is 4.79 Å². The average molecular weight is 441 g/mol. The van der Waals surface area contributed by atoms with Crippen molar-refractivity contribution in [1.82, 2.24) is 29.6 Å². The van der Waals surface area contributed by atoms with Crippen molar-refractivity contribution in [2.24, 2.45) is 0 Å². The van der Waals surface area contributed by atoms with Crippen molar-refractivity contribution in [2.75, 3.05) is 18.8 Å². The van der Waals surface area contributed by atoms with Crippen molar-refractivity contribution >= 4 is 22.8 Å². The standard InChI is InChI=1S/C24H23N7O2/c1-2-20(32)30-12-6-7-16(14-30)31-24-21(23(25)27-15-28-24)22(29-31)19-11-10-18(13-26-19)33-17-8-4-3-5-9-17/h2-5,8-11,13,15-16H,1,6-7,12,14H2,(H2,25,27,28). The Bertz CT molecular complexity index is 1300. The molecule has 4 heterocycles. The van der Waals surface area contributed by atoms with Gasteiger partial charge in [0.05, 0.1) is 23.3 Å². The fourth-order valence-electron chi connectivity index (χ4n) is 4.12. The number of piperidine rings is 1. The molecular weight excluding hydrogens is 418 g/mol. The molecule has 0 radical (unpaired) electrons. The highest BCUT2D eigenvalue weighted by Gasteiger charge is 2.28.